The third-order valence-electron chi connectivity index (χ3n) is 3.08. The lowest BCUT2D eigenvalue weighted by molar-refractivity contribution is -0.122. The Morgan fingerprint density at radius 1 is 1.32 bits per heavy atom. The number of benzene rings is 1. The monoisotopic (exact) mass is 302 g/mol. The van der Waals surface area contributed by atoms with Crippen LogP contribution in [0, 0.1) is 6.92 Å². The smallest absolute Gasteiger partial charge is 0.266 e. The number of aryl methyl sites for hydroxylation is 1. The van der Waals surface area contributed by atoms with Crippen molar-refractivity contribution in [2.24, 2.45) is 0 Å². The highest BCUT2D eigenvalue weighted by atomic mass is 16.5. The van der Waals surface area contributed by atoms with Gasteiger partial charge in [0, 0.05) is 11.6 Å². The fraction of sp³-hybridized carbons (Fsp3) is 0.312. The molecular formula is C16H18N2O4. The number of rotatable bonds is 6. The average Bonchev–Trinajstić information content (AvgIpc) is 2.90. The zero-order valence-electron chi connectivity index (χ0n) is 12.8. The second-order valence-corrected chi connectivity index (χ2v) is 4.91. The number of aromatic nitrogens is 1. The second-order valence-electron chi connectivity index (χ2n) is 4.91. The fourth-order valence-corrected chi connectivity index (χ4v) is 1.89. The number of nitrogens with one attached hydrogen (secondary N) is 1. The number of hydrogen-bond acceptors (Lipinski definition) is 5. The van der Waals surface area contributed by atoms with E-state index in [4.69, 9.17) is 9.26 Å². The SMILES string of the molecule is CC[C@@H](Oc1ccc(C(C)=O)cc1)C(=O)Nc1cc(C)on1. The van der Waals surface area contributed by atoms with E-state index < -0.39 is 6.10 Å². The molecule has 1 amide bonds. The van der Waals surface area contributed by atoms with E-state index >= 15 is 0 Å². The lowest BCUT2D eigenvalue weighted by Gasteiger charge is -2.16. The Bertz CT molecular complexity index is 661. The lowest BCUT2D eigenvalue weighted by Crippen LogP contribution is -2.32. The Hall–Kier alpha value is -2.63. The van der Waals surface area contributed by atoms with Crippen LogP contribution in [0.3, 0.4) is 0 Å². The Morgan fingerprint density at radius 3 is 2.50 bits per heavy atom. The van der Waals surface area contributed by atoms with Crippen LogP contribution in [0.1, 0.15) is 36.4 Å². The number of nitrogens with zero attached hydrogens (tertiary/aromatic N) is 1. The maximum absolute atomic E-state index is 12.2. The standard InChI is InChI=1S/C16H18N2O4/c1-4-14(16(20)17-15-9-10(2)22-18-15)21-13-7-5-12(6-8-13)11(3)19/h5-9,14H,4H2,1-3H3,(H,17,18,20)/t14-/m1/s1. The van der Waals surface area contributed by atoms with Crippen LogP contribution in [0.4, 0.5) is 5.82 Å². The van der Waals surface area contributed by atoms with Crippen molar-refractivity contribution in [3.8, 4) is 5.75 Å². The van der Waals surface area contributed by atoms with E-state index in [0.717, 1.165) is 0 Å². The minimum atomic E-state index is -0.653. The first-order valence-corrected chi connectivity index (χ1v) is 7.01. The number of Topliss-reactive ketones (excluding diaryl/α,β-unsaturated/α-hetero) is 1. The molecule has 1 atom stereocenters. The van der Waals surface area contributed by atoms with E-state index in [9.17, 15) is 9.59 Å². The van der Waals surface area contributed by atoms with E-state index in [1.165, 1.54) is 6.92 Å². The summed E-state index contributed by atoms with van der Waals surface area (Å²) >= 11 is 0. The quantitative estimate of drug-likeness (QED) is 0.830. The zero-order chi connectivity index (χ0) is 16.1. The van der Waals surface area contributed by atoms with Crippen molar-refractivity contribution in [2.75, 3.05) is 5.32 Å². The molecule has 0 saturated heterocycles. The molecule has 0 aliphatic carbocycles. The first-order chi connectivity index (χ1) is 10.5. The molecule has 6 nitrogen and oxygen atoms in total. The molecule has 1 aromatic carbocycles. The van der Waals surface area contributed by atoms with Crippen molar-refractivity contribution in [3.63, 3.8) is 0 Å². The maximum atomic E-state index is 12.2. The Balaban J connectivity index is 2.01. The van der Waals surface area contributed by atoms with E-state index in [0.29, 0.717) is 29.3 Å². The van der Waals surface area contributed by atoms with Gasteiger partial charge in [0.05, 0.1) is 0 Å². The topological polar surface area (TPSA) is 81.4 Å². The fourth-order valence-electron chi connectivity index (χ4n) is 1.89. The van der Waals surface area contributed by atoms with Gasteiger partial charge in [0.1, 0.15) is 11.5 Å². The van der Waals surface area contributed by atoms with Crippen LogP contribution in [-0.4, -0.2) is 23.0 Å². The van der Waals surface area contributed by atoms with Crippen LogP contribution in [0.5, 0.6) is 5.75 Å². The molecule has 0 radical (unpaired) electrons. The molecule has 0 spiro atoms. The average molecular weight is 302 g/mol. The predicted octanol–water partition coefficient (Wildman–Crippen LogP) is 2.98. The van der Waals surface area contributed by atoms with Crippen LogP contribution in [0.15, 0.2) is 34.9 Å². The molecule has 0 unspecified atom stereocenters. The summed E-state index contributed by atoms with van der Waals surface area (Å²) in [6.45, 7) is 5.09. The van der Waals surface area contributed by atoms with Gasteiger partial charge in [0.15, 0.2) is 17.7 Å². The van der Waals surface area contributed by atoms with Gasteiger partial charge in [-0.25, -0.2) is 0 Å². The third kappa shape index (κ3) is 3.94. The predicted molar refractivity (Wildman–Crippen MR) is 81.0 cm³/mol. The molecule has 0 aliphatic heterocycles. The summed E-state index contributed by atoms with van der Waals surface area (Å²) in [5.74, 6) is 1.19. The molecule has 1 aromatic heterocycles. The van der Waals surface area contributed by atoms with Gasteiger partial charge in [-0.05, 0) is 44.5 Å². The Labute approximate surface area is 128 Å². The Kier molecular flexibility index (Phi) is 4.93. The van der Waals surface area contributed by atoms with Crippen LogP contribution in [0.2, 0.25) is 0 Å². The molecular weight excluding hydrogens is 284 g/mol. The van der Waals surface area contributed by atoms with Gasteiger partial charge in [-0.3, -0.25) is 9.59 Å². The van der Waals surface area contributed by atoms with Crippen LogP contribution >= 0.6 is 0 Å². The summed E-state index contributed by atoms with van der Waals surface area (Å²) in [6, 6.07) is 8.32. The van der Waals surface area contributed by atoms with Crippen molar-refractivity contribution in [1.82, 2.24) is 5.16 Å². The largest absolute Gasteiger partial charge is 0.481 e. The van der Waals surface area contributed by atoms with Gasteiger partial charge in [-0.2, -0.15) is 0 Å². The number of hydrogen-bond donors (Lipinski definition) is 1. The first kappa shape index (κ1) is 15.8. The lowest BCUT2D eigenvalue weighted by atomic mass is 10.1. The second kappa shape index (κ2) is 6.89. The van der Waals surface area contributed by atoms with Crippen molar-refractivity contribution in [2.45, 2.75) is 33.3 Å². The van der Waals surface area contributed by atoms with Crippen molar-refractivity contribution in [1.29, 1.82) is 0 Å². The zero-order valence-corrected chi connectivity index (χ0v) is 12.8. The number of carbonyl (C=O) groups excluding carboxylic acids is 2. The summed E-state index contributed by atoms with van der Waals surface area (Å²) in [4.78, 5) is 23.4. The van der Waals surface area contributed by atoms with E-state index in [1.54, 1.807) is 37.3 Å². The van der Waals surface area contributed by atoms with Crippen molar-refractivity contribution < 1.29 is 18.8 Å². The van der Waals surface area contributed by atoms with Gasteiger partial charge in [-0.1, -0.05) is 12.1 Å². The van der Waals surface area contributed by atoms with Crippen LogP contribution in [-0.2, 0) is 4.79 Å². The van der Waals surface area contributed by atoms with Gasteiger partial charge in [-0.15, -0.1) is 0 Å². The van der Waals surface area contributed by atoms with Gasteiger partial charge in [0.2, 0.25) is 0 Å². The van der Waals surface area contributed by atoms with E-state index in [2.05, 4.69) is 10.5 Å². The summed E-state index contributed by atoms with van der Waals surface area (Å²) in [5, 5.41) is 6.35. The highest BCUT2D eigenvalue weighted by Crippen LogP contribution is 2.16. The first-order valence-electron chi connectivity index (χ1n) is 7.01. The number of amides is 1. The van der Waals surface area contributed by atoms with Gasteiger partial charge < -0.3 is 14.6 Å². The molecule has 0 aliphatic rings. The molecule has 0 bridgehead atoms. The highest BCUT2D eigenvalue weighted by molar-refractivity contribution is 5.94. The molecule has 1 heterocycles. The number of carbonyl (C=O) groups is 2. The number of ether oxygens (including phenoxy) is 1. The molecule has 1 N–H and O–H groups in total. The Morgan fingerprint density at radius 2 is 2.00 bits per heavy atom. The molecule has 0 fully saturated rings. The van der Waals surface area contributed by atoms with Crippen LogP contribution < -0.4 is 10.1 Å². The molecule has 2 rings (SSSR count). The van der Waals surface area contributed by atoms with Crippen molar-refractivity contribution in [3.05, 3.63) is 41.7 Å². The van der Waals surface area contributed by atoms with E-state index in [-0.39, 0.29) is 11.7 Å². The molecule has 6 heteroatoms. The number of anilines is 1. The summed E-state index contributed by atoms with van der Waals surface area (Å²) in [6.07, 6.45) is -0.155. The normalized spacial score (nSPS) is 11.8. The molecule has 22 heavy (non-hydrogen) atoms. The van der Waals surface area contributed by atoms with Gasteiger partial charge in [0.25, 0.3) is 5.91 Å². The summed E-state index contributed by atoms with van der Waals surface area (Å²) in [5.41, 5.74) is 0.600. The maximum Gasteiger partial charge on any atom is 0.266 e. The minimum Gasteiger partial charge on any atom is -0.481 e. The minimum absolute atomic E-state index is 0.0160. The molecule has 0 saturated carbocycles. The number of ketones is 1. The van der Waals surface area contributed by atoms with Gasteiger partial charge >= 0.3 is 0 Å². The van der Waals surface area contributed by atoms with E-state index in [1.807, 2.05) is 6.92 Å². The summed E-state index contributed by atoms with van der Waals surface area (Å²) in [7, 11) is 0. The molecule has 2 aromatic rings. The highest BCUT2D eigenvalue weighted by Gasteiger charge is 2.19. The summed E-state index contributed by atoms with van der Waals surface area (Å²) < 4.78 is 10.6. The van der Waals surface area contributed by atoms with Crippen LogP contribution in [0.25, 0.3) is 0 Å². The molecule has 116 valence electrons. The third-order valence-corrected chi connectivity index (χ3v) is 3.08. The van der Waals surface area contributed by atoms with Crippen molar-refractivity contribution >= 4 is 17.5 Å².